The molecule has 4 heteroatoms. The summed E-state index contributed by atoms with van der Waals surface area (Å²) in [4.78, 5) is 13.2. The largest absolute Gasteiger partial charge is 0.322 e. The first-order valence-corrected chi connectivity index (χ1v) is 3.37. The van der Waals surface area contributed by atoms with Gasteiger partial charge in [-0.1, -0.05) is 0 Å². The normalized spacial score (nSPS) is 9.50. The van der Waals surface area contributed by atoms with Crippen molar-refractivity contribution in [1.29, 1.82) is 5.26 Å². The lowest BCUT2D eigenvalue weighted by atomic mass is 10.1. The molecule has 1 aromatic rings. The summed E-state index contributed by atoms with van der Waals surface area (Å²) < 4.78 is 13.0. The minimum atomic E-state index is -0.533. The Morgan fingerprint density at radius 2 is 2.08 bits per heavy atom. The monoisotopic (exact) mass is 166 g/mol. The van der Waals surface area contributed by atoms with Crippen LogP contribution in [0, 0.1) is 31.0 Å². The standard InChI is InChI=1S/C8H7FN2O/c1-4-6(3-10)8(12)11-5(2)7(4)9/h1-2H3,(H,11,12). The van der Waals surface area contributed by atoms with Crippen molar-refractivity contribution in [2.45, 2.75) is 13.8 Å². The Labute approximate surface area is 68.5 Å². The first-order valence-electron chi connectivity index (χ1n) is 3.37. The van der Waals surface area contributed by atoms with E-state index in [1.165, 1.54) is 13.8 Å². The quantitative estimate of drug-likeness (QED) is 0.625. The fraction of sp³-hybridized carbons (Fsp3) is 0.250. The van der Waals surface area contributed by atoms with Crippen molar-refractivity contribution in [3.8, 4) is 6.07 Å². The summed E-state index contributed by atoms with van der Waals surface area (Å²) >= 11 is 0. The van der Waals surface area contributed by atoms with Gasteiger partial charge in [0.2, 0.25) is 0 Å². The number of aromatic nitrogens is 1. The van der Waals surface area contributed by atoms with E-state index < -0.39 is 11.4 Å². The van der Waals surface area contributed by atoms with Crippen LogP contribution in [0.15, 0.2) is 4.79 Å². The van der Waals surface area contributed by atoms with Gasteiger partial charge >= 0.3 is 0 Å². The van der Waals surface area contributed by atoms with Crippen molar-refractivity contribution < 1.29 is 4.39 Å². The molecule has 0 unspecified atom stereocenters. The second-order valence-corrected chi connectivity index (χ2v) is 2.50. The lowest BCUT2D eigenvalue weighted by Gasteiger charge is -2.00. The molecule has 0 fully saturated rings. The third-order valence-electron chi connectivity index (χ3n) is 1.67. The number of hydrogen-bond donors (Lipinski definition) is 1. The van der Waals surface area contributed by atoms with Crippen LogP contribution >= 0.6 is 0 Å². The Hall–Kier alpha value is -1.63. The average Bonchev–Trinajstić information content (AvgIpc) is 2.01. The van der Waals surface area contributed by atoms with Gasteiger partial charge in [-0.2, -0.15) is 5.26 Å². The zero-order valence-electron chi connectivity index (χ0n) is 6.73. The van der Waals surface area contributed by atoms with Crippen molar-refractivity contribution in [2.75, 3.05) is 0 Å². The number of aromatic amines is 1. The molecule has 1 aromatic heterocycles. The second-order valence-electron chi connectivity index (χ2n) is 2.50. The molecule has 3 nitrogen and oxygen atoms in total. The molecule has 0 atom stereocenters. The van der Waals surface area contributed by atoms with Crippen molar-refractivity contribution in [3.63, 3.8) is 0 Å². The van der Waals surface area contributed by atoms with Crippen LogP contribution in [-0.4, -0.2) is 4.98 Å². The van der Waals surface area contributed by atoms with Gasteiger partial charge in [-0.25, -0.2) is 4.39 Å². The third-order valence-corrected chi connectivity index (χ3v) is 1.67. The molecule has 0 aliphatic carbocycles. The van der Waals surface area contributed by atoms with Crippen molar-refractivity contribution in [1.82, 2.24) is 4.98 Å². The van der Waals surface area contributed by atoms with Crippen molar-refractivity contribution in [3.05, 3.63) is 33.0 Å². The van der Waals surface area contributed by atoms with Gasteiger partial charge in [0.25, 0.3) is 5.56 Å². The predicted octanol–water partition coefficient (Wildman–Crippen LogP) is 1.00. The maximum Gasteiger partial charge on any atom is 0.266 e. The second kappa shape index (κ2) is 2.78. The fourth-order valence-corrected chi connectivity index (χ4v) is 0.984. The highest BCUT2D eigenvalue weighted by molar-refractivity contribution is 5.36. The van der Waals surface area contributed by atoms with Crippen LogP contribution in [0.2, 0.25) is 0 Å². The van der Waals surface area contributed by atoms with E-state index in [0.717, 1.165) is 0 Å². The zero-order valence-corrected chi connectivity index (χ0v) is 6.73. The summed E-state index contributed by atoms with van der Waals surface area (Å²) in [5, 5.41) is 8.48. The SMILES string of the molecule is Cc1[nH]c(=O)c(C#N)c(C)c1F. The van der Waals surface area contributed by atoms with E-state index in [1.807, 2.05) is 0 Å². The van der Waals surface area contributed by atoms with Gasteiger partial charge in [-0.05, 0) is 13.8 Å². The van der Waals surface area contributed by atoms with Crippen LogP contribution in [0.4, 0.5) is 4.39 Å². The number of halogens is 1. The van der Waals surface area contributed by atoms with E-state index in [-0.39, 0.29) is 16.8 Å². The Bertz CT molecular complexity index is 414. The molecule has 1 N–H and O–H groups in total. The van der Waals surface area contributed by atoms with Crippen LogP contribution in [0.3, 0.4) is 0 Å². The maximum absolute atomic E-state index is 13.0. The van der Waals surface area contributed by atoms with Gasteiger partial charge in [0.1, 0.15) is 17.4 Å². The Morgan fingerprint density at radius 1 is 1.50 bits per heavy atom. The molecular formula is C8H7FN2O. The Balaban J connectivity index is 3.66. The lowest BCUT2D eigenvalue weighted by Crippen LogP contribution is -2.15. The number of hydrogen-bond acceptors (Lipinski definition) is 2. The summed E-state index contributed by atoms with van der Waals surface area (Å²) in [6.45, 7) is 2.86. The minimum absolute atomic E-state index is 0.110. The number of aryl methyl sites for hydroxylation is 1. The highest BCUT2D eigenvalue weighted by atomic mass is 19.1. The summed E-state index contributed by atoms with van der Waals surface area (Å²) in [6.07, 6.45) is 0. The molecule has 0 spiro atoms. The van der Waals surface area contributed by atoms with Crippen LogP contribution in [0.1, 0.15) is 16.8 Å². The summed E-state index contributed by atoms with van der Waals surface area (Å²) in [6, 6.07) is 1.65. The van der Waals surface area contributed by atoms with Crippen molar-refractivity contribution in [2.24, 2.45) is 0 Å². The molecule has 0 saturated heterocycles. The van der Waals surface area contributed by atoms with E-state index >= 15 is 0 Å². The molecule has 62 valence electrons. The number of nitrogens with one attached hydrogen (secondary N) is 1. The molecule has 0 bridgehead atoms. The first-order chi connectivity index (χ1) is 5.57. The number of H-pyrrole nitrogens is 1. The predicted molar refractivity (Wildman–Crippen MR) is 41.2 cm³/mol. The van der Waals surface area contributed by atoms with Gasteiger partial charge in [0.15, 0.2) is 0 Å². The number of nitrogens with zero attached hydrogens (tertiary/aromatic N) is 1. The van der Waals surface area contributed by atoms with Gasteiger partial charge in [-0.15, -0.1) is 0 Å². The fourth-order valence-electron chi connectivity index (χ4n) is 0.984. The number of nitriles is 1. The smallest absolute Gasteiger partial charge is 0.266 e. The Kier molecular flexibility index (Phi) is 1.96. The zero-order chi connectivity index (χ0) is 9.30. The van der Waals surface area contributed by atoms with Gasteiger partial charge in [-0.3, -0.25) is 4.79 Å². The minimum Gasteiger partial charge on any atom is -0.322 e. The maximum atomic E-state index is 13.0. The molecular weight excluding hydrogens is 159 g/mol. The molecule has 0 aromatic carbocycles. The summed E-state index contributed by atoms with van der Waals surface area (Å²) in [5.74, 6) is -0.522. The van der Waals surface area contributed by atoms with Crippen LogP contribution in [0.25, 0.3) is 0 Å². The van der Waals surface area contributed by atoms with Gasteiger partial charge < -0.3 is 4.98 Å². The number of pyridine rings is 1. The molecule has 0 aliphatic heterocycles. The Morgan fingerprint density at radius 3 is 2.58 bits per heavy atom. The van der Waals surface area contributed by atoms with Gasteiger partial charge in [0.05, 0.1) is 5.69 Å². The highest BCUT2D eigenvalue weighted by Crippen LogP contribution is 2.08. The summed E-state index contributed by atoms with van der Waals surface area (Å²) in [7, 11) is 0. The topological polar surface area (TPSA) is 56.6 Å². The van der Waals surface area contributed by atoms with E-state index in [9.17, 15) is 9.18 Å². The van der Waals surface area contributed by atoms with Crippen molar-refractivity contribution >= 4 is 0 Å². The molecule has 0 saturated carbocycles. The van der Waals surface area contributed by atoms with E-state index in [2.05, 4.69) is 4.98 Å². The molecule has 0 radical (unpaired) electrons. The van der Waals surface area contributed by atoms with Crippen LogP contribution in [-0.2, 0) is 0 Å². The van der Waals surface area contributed by atoms with Crippen LogP contribution < -0.4 is 5.56 Å². The summed E-state index contributed by atoms with van der Waals surface area (Å²) in [5.41, 5.74) is -0.415. The first kappa shape index (κ1) is 8.47. The highest BCUT2D eigenvalue weighted by Gasteiger charge is 2.10. The van der Waals surface area contributed by atoms with Gasteiger partial charge in [0, 0.05) is 5.56 Å². The molecule has 0 aliphatic rings. The van der Waals surface area contributed by atoms with E-state index in [1.54, 1.807) is 6.07 Å². The average molecular weight is 166 g/mol. The van der Waals surface area contributed by atoms with E-state index in [0.29, 0.717) is 0 Å². The molecule has 0 amide bonds. The number of rotatable bonds is 0. The van der Waals surface area contributed by atoms with E-state index in [4.69, 9.17) is 5.26 Å². The third kappa shape index (κ3) is 1.10. The molecule has 12 heavy (non-hydrogen) atoms. The molecule has 1 heterocycles. The van der Waals surface area contributed by atoms with Crippen LogP contribution in [0.5, 0.6) is 0 Å². The molecule has 1 rings (SSSR count). The lowest BCUT2D eigenvalue weighted by molar-refractivity contribution is 0.597.